The van der Waals surface area contributed by atoms with Gasteiger partial charge in [-0.15, -0.1) is 0 Å². The third-order valence-electron chi connectivity index (χ3n) is 3.17. The van der Waals surface area contributed by atoms with E-state index in [1.54, 1.807) is 6.92 Å². The summed E-state index contributed by atoms with van der Waals surface area (Å²) in [5.74, 6) is -0.591. The molecule has 0 aliphatic carbocycles. The van der Waals surface area contributed by atoms with Crippen molar-refractivity contribution in [2.45, 2.75) is 27.7 Å². The standard InChI is InChI=1S/C14H14Cl2N2O3/c1-5-20-14(19)13-17-12(18-21-13)9-6(2)10(15)8(4)11(16)7(9)3/h5H2,1-4H3. The molecule has 0 radical (unpaired) electrons. The first-order valence-electron chi connectivity index (χ1n) is 6.34. The van der Waals surface area contributed by atoms with Crippen LogP contribution in [0.5, 0.6) is 0 Å². The van der Waals surface area contributed by atoms with Crippen LogP contribution in [0.2, 0.25) is 10.0 Å². The summed E-state index contributed by atoms with van der Waals surface area (Å²) in [6.07, 6.45) is 0. The second-order valence-corrected chi connectivity index (χ2v) is 5.28. The third-order valence-corrected chi connectivity index (χ3v) is 4.30. The van der Waals surface area contributed by atoms with E-state index in [4.69, 9.17) is 32.5 Å². The van der Waals surface area contributed by atoms with Gasteiger partial charge in [-0.25, -0.2) is 4.79 Å². The van der Waals surface area contributed by atoms with E-state index in [0.29, 0.717) is 15.6 Å². The molecule has 2 aromatic rings. The van der Waals surface area contributed by atoms with Crippen LogP contribution in [0.4, 0.5) is 0 Å². The van der Waals surface area contributed by atoms with Crippen LogP contribution in [0.1, 0.15) is 34.3 Å². The van der Waals surface area contributed by atoms with Crippen LogP contribution < -0.4 is 0 Å². The fourth-order valence-electron chi connectivity index (χ4n) is 2.10. The van der Waals surface area contributed by atoms with Crippen LogP contribution in [-0.4, -0.2) is 22.7 Å². The molecular formula is C14H14Cl2N2O3. The molecule has 5 nitrogen and oxygen atoms in total. The Morgan fingerprint density at radius 1 is 1.14 bits per heavy atom. The summed E-state index contributed by atoms with van der Waals surface area (Å²) in [6.45, 7) is 7.46. The highest BCUT2D eigenvalue weighted by molar-refractivity contribution is 6.37. The predicted molar refractivity (Wildman–Crippen MR) is 79.9 cm³/mol. The van der Waals surface area contributed by atoms with Crippen molar-refractivity contribution >= 4 is 29.2 Å². The van der Waals surface area contributed by atoms with Crippen LogP contribution >= 0.6 is 23.2 Å². The summed E-state index contributed by atoms with van der Waals surface area (Å²) in [7, 11) is 0. The number of carbonyl (C=O) groups excluding carboxylic acids is 1. The van der Waals surface area contributed by atoms with Gasteiger partial charge in [0.05, 0.1) is 6.61 Å². The number of carbonyl (C=O) groups is 1. The van der Waals surface area contributed by atoms with Crippen LogP contribution in [0.3, 0.4) is 0 Å². The predicted octanol–water partition coefficient (Wildman–Crippen LogP) is 4.15. The van der Waals surface area contributed by atoms with E-state index >= 15 is 0 Å². The fourth-order valence-corrected chi connectivity index (χ4v) is 2.52. The lowest BCUT2D eigenvalue weighted by molar-refractivity contribution is 0.0470. The lowest BCUT2D eigenvalue weighted by Gasteiger charge is -2.13. The second kappa shape index (κ2) is 6.03. The molecule has 0 N–H and O–H groups in total. The first kappa shape index (κ1) is 15.8. The molecule has 21 heavy (non-hydrogen) atoms. The highest BCUT2D eigenvalue weighted by Crippen LogP contribution is 2.38. The Bertz CT molecular complexity index is 681. The first-order chi connectivity index (χ1) is 9.88. The summed E-state index contributed by atoms with van der Waals surface area (Å²) in [6, 6.07) is 0. The molecule has 1 aromatic heterocycles. The quantitative estimate of drug-likeness (QED) is 0.792. The molecule has 0 aliphatic heterocycles. The van der Waals surface area contributed by atoms with Crippen LogP contribution in [-0.2, 0) is 4.74 Å². The van der Waals surface area contributed by atoms with Gasteiger partial charge in [-0.05, 0) is 44.4 Å². The minimum Gasteiger partial charge on any atom is -0.459 e. The molecule has 1 aromatic carbocycles. The number of hydrogen-bond acceptors (Lipinski definition) is 5. The van der Waals surface area contributed by atoms with E-state index in [9.17, 15) is 4.79 Å². The maximum Gasteiger partial charge on any atom is 0.397 e. The molecule has 1 heterocycles. The Morgan fingerprint density at radius 2 is 1.71 bits per heavy atom. The van der Waals surface area contributed by atoms with Gasteiger partial charge >= 0.3 is 11.9 Å². The van der Waals surface area contributed by atoms with Crippen molar-refractivity contribution in [3.05, 3.63) is 32.6 Å². The zero-order valence-electron chi connectivity index (χ0n) is 12.1. The van der Waals surface area contributed by atoms with Crippen LogP contribution in [0.15, 0.2) is 4.52 Å². The maximum absolute atomic E-state index is 11.6. The van der Waals surface area contributed by atoms with E-state index in [-0.39, 0.29) is 18.3 Å². The summed E-state index contributed by atoms with van der Waals surface area (Å²) in [5.41, 5.74) is 3.03. The molecule has 7 heteroatoms. The molecule has 0 fully saturated rings. The van der Waals surface area contributed by atoms with Gasteiger partial charge in [-0.2, -0.15) is 4.98 Å². The molecule has 2 rings (SSSR count). The zero-order valence-corrected chi connectivity index (χ0v) is 13.6. The van der Waals surface area contributed by atoms with Gasteiger partial charge in [0.25, 0.3) is 0 Å². The van der Waals surface area contributed by atoms with Gasteiger partial charge in [-0.3, -0.25) is 0 Å². The minimum atomic E-state index is -0.657. The molecule has 112 valence electrons. The average Bonchev–Trinajstić information content (AvgIpc) is 2.93. The summed E-state index contributed by atoms with van der Waals surface area (Å²) < 4.78 is 9.75. The zero-order chi connectivity index (χ0) is 15.7. The second-order valence-electron chi connectivity index (χ2n) is 4.52. The number of esters is 1. The number of hydrogen-bond donors (Lipinski definition) is 0. The van der Waals surface area contributed by atoms with Gasteiger partial charge in [-0.1, -0.05) is 28.4 Å². The monoisotopic (exact) mass is 328 g/mol. The molecule has 0 saturated carbocycles. The average molecular weight is 329 g/mol. The van der Waals surface area contributed by atoms with Crippen molar-refractivity contribution in [3.63, 3.8) is 0 Å². The lowest BCUT2D eigenvalue weighted by Crippen LogP contribution is -2.05. The highest BCUT2D eigenvalue weighted by atomic mass is 35.5. The number of aromatic nitrogens is 2. The van der Waals surface area contributed by atoms with E-state index in [1.807, 2.05) is 20.8 Å². The maximum atomic E-state index is 11.6. The van der Waals surface area contributed by atoms with Gasteiger partial charge in [0, 0.05) is 15.6 Å². The number of ether oxygens (including phenoxy) is 1. The first-order valence-corrected chi connectivity index (χ1v) is 7.10. The van der Waals surface area contributed by atoms with Crippen LogP contribution in [0.25, 0.3) is 11.4 Å². The molecule has 0 bridgehead atoms. The molecule has 0 amide bonds. The summed E-state index contributed by atoms with van der Waals surface area (Å²) in [4.78, 5) is 15.6. The number of rotatable bonds is 3. The SMILES string of the molecule is CCOC(=O)c1nc(-c2c(C)c(Cl)c(C)c(Cl)c2C)no1. The van der Waals surface area contributed by atoms with Crippen molar-refractivity contribution in [1.29, 1.82) is 0 Å². The Kier molecular flexibility index (Phi) is 4.54. The number of benzene rings is 1. The van der Waals surface area contributed by atoms with Gasteiger partial charge in [0.15, 0.2) is 0 Å². The normalized spacial score (nSPS) is 10.8. The highest BCUT2D eigenvalue weighted by Gasteiger charge is 2.22. The summed E-state index contributed by atoms with van der Waals surface area (Å²) in [5, 5.41) is 4.91. The third kappa shape index (κ3) is 2.76. The van der Waals surface area contributed by atoms with Crippen molar-refractivity contribution in [2.75, 3.05) is 6.61 Å². The minimum absolute atomic E-state index is 0.196. The molecule has 0 unspecified atom stereocenters. The summed E-state index contributed by atoms with van der Waals surface area (Å²) >= 11 is 12.5. The van der Waals surface area contributed by atoms with Gasteiger partial charge in [0.2, 0.25) is 5.82 Å². The van der Waals surface area contributed by atoms with Crippen molar-refractivity contribution in [3.8, 4) is 11.4 Å². The number of nitrogens with zero attached hydrogens (tertiary/aromatic N) is 2. The Balaban J connectivity index is 2.56. The molecule has 0 aliphatic rings. The van der Waals surface area contributed by atoms with Crippen molar-refractivity contribution in [1.82, 2.24) is 10.1 Å². The van der Waals surface area contributed by atoms with Crippen LogP contribution in [0, 0.1) is 20.8 Å². The smallest absolute Gasteiger partial charge is 0.397 e. The molecule has 0 atom stereocenters. The topological polar surface area (TPSA) is 65.2 Å². The van der Waals surface area contributed by atoms with E-state index in [2.05, 4.69) is 10.1 Å². The van der Waals surface area contributed by atoms with Crippen molar-refractivity contribution < 1.29 is 14.1 Å². The fraction of sp³-hybridized carbons (Fsp3) is 0.357. The Labute approximate surface area is 132 Å². The van der Waals surface area contributed by atoms with Crippen molar-refractivity contribution in [2.24, 2.45) is 0 Å². The van der Waals surface area contributed by atoms with E-state index in [0.717, 1.165) is 16.7 Å². The van der Waals surface area contributed by atoms with E-state index < -0.39 is 5.97 Å². The Morgan fingerprint density at radius 3 is 2.24 bits per heavy atom. The number of halogens is 2. The largest absolute Gasteiger partial charge is 0.459 e. The van der Waals surface area contributed by atoms with E-state index in [1.165, 1.54) is 0 Å². The van der Waals surface area contributed by atoms with Gasteiger partial charge < -0.3 is 9.26 Å². The molecule has 0 spiro atoms. The molecular weight excluding hydrogens is 315 g/mol. The molecule has 0 saturated heterocycles. The Hall–Kier alpha value is -1.59. The van der Waals surface area contributed by atoms with Gasteiger partial charge in [0.1, 0.15) is 0 Å². The lowest BCUT2D eigenvalue weighted by atomic mass is 9.99.